The monoisotopic (exact) mass is 381 g/mol. The van der Waals surface area contributed by atoms with Crippen LogP contribution in [0.15, 0.2) is 71.8 Å². The molecule has 0 aliphatic heterocycles. The minimum atomic E-state index is -3.66. The van der Waals surface area contributed by atoms with E-state index in [9.17, 15) is 8.42 Å². The lowest BCUT2D eigenvalue weighted by atomic mass is 10.2. The van der Waals surface area contributed by atoms with Crippen LogP contribution in [0.2, 0.25) is 0 Å². The van der Waals surface area contributed by atoms with Gasteiger partial charge >= 0.3 is 0 Å². The summed E-state index contributed by atoms with van der Waals surface area (Å²) in [5.74, 6) is 0.292. The molecule has 3 rings (SSSR count). The van der Waals surface area contributed by atoms with E-state index in [4.69, 9.17) is 0 Å². The number of pyridine rings is 1. The lowest BCUT2D eigenvalue weighted by Gasteiger charge is -2.23. The largest absolute Gasteiger partial charge is 0.341 e. The van der Waals surface area contributed by atoms with E-state index in [1.54, 1.807) is 30.5 Å². The smallest absolute Gasteiger partial charge is 0.263 e. The predicted octanol–water partition coefficient (Wildman–Crippen LogP) is 4.66. The molecular weight excluding hydrogens is 358 g/mol. The van der Waals surface area contributed by atoms with Crippen LogP contribution < -0.4 is 9.62 Å². The summed E-state index contributed by atoms with van der Waals surface area (Å²) in [5.41, 5.74) is 4.05. The second-order valence-electron chi connectivity index (χ2n) is 6.41. The van der Waals surface area contributed by atoms with Crippen molar-refractivity contribution in [1.29, 1.82) is 0 Å². The second kappa shape index (κ2) is 7.80. The second-order valence-corrected chi connectivity index (χ2v) is 8.09. The van der Waals surface area contributed by atoms with Crippen LogP contribution in [0.3, 0.4) is 0 Å². The Morgan fingerprint density at radius 2 is 1.63 bits per heavy atom. The van der Waals surface area contributed by atoms with Gasteiger partial charge in [-0.1, -0.05) is 24.3 Å². The minimum Gasteiger partial charge on any atom is -0.341 e. The first-order valence-corrected chi connectivity index (χ1v) is 10.3. The number of aromatic nitrogens is 1. The molecule has 140 valence electrons. The highest BCUT2D eigenvalue weighted by atomic mass is 32.2. The van der Waals surface area contributed by atoms with E-state index in [0.717, 1.165) is 23.5 Å². The van der Waals surface area contributed by atoms with Crippen LogP contribution in [-0.4, -0.2) is 19.9 Å². The zero-order valence-corrected chi connectivity index (χ0v) is 16.5. The molecule has 0 unspecified atom stereocenters. The highest BCUT2D eigenvalue weighted by molar-refractivity contribution is 7.92. The van der Waals surface area contributed by atoms with Crippen molar-refractivity contribution in [3.63, 3.8) is 0 Å². The van der Waals surface area contributed by atoms with Crippen molar-refractivity contribution >= 4 is 27.2 Å². The number of aryl methyl sites for hydroxylation is 2. The van der Waals surface area contributed by atoms with Crippen LogP contribution in [0, 0.1) is 13.8 Å². The van der Waals surface area contributed by atoms with Gasteiger partial charge in [-0.05, 0) is 68.3 Å². The fourth-order valence-corrected chi connectivity index (χ4v) is 4.01. The lowest BCUT2D eigenvalue weighted by molar-refractivity contribution is 0.601. The fraction of sp³-hybridized carbons (Fsp3) is 0.190. The molecule has 0 saturated carbocycles. The molecule has 0 aliphatic rings. The molecule has 1 heterocycles. The fourth-order valence-electron chi connectivity index (χ4n) is 2.90. The molecule has 2 aromatic carbocycles. The summed E-state index contributed by atoms with van der Waals surface area (Å²) < 4.78 is 27.6. The molecule has 1 aromatic heterocycles. The van der Waals surface area contributed by atoms with E-state index >= 15 is 0 Å². The number of nitrogens with zero attached hydrogens (tertiary/aromatic N) is 2. The lowest BCUT2D eigenvalue weighted by Crippen LogP contribution is -2.17. The van der Waals surface area contributed by atoms with Gasteiger partial charge < -0.3 is 4.90 Å². The molecule has 0 spiro atoms. The normalized spacial score (nSPS) is 11.2. The van der Waals surface area contributed by atoms with E-state index in [1.807, 2.05) is 31.2 Å². The van der Waals surface area contributed by atoms with Crippen molar-refractivity contribution in [1.82, 2.24) is 4.98 Å². The summed E-state index contributed by atoms with van der Waals surface area (Å²) in [5, 5.41) is 0. The first-order valence-electron chi connectivity index (χ1n) is 8.79. The third-order valence-corrected chi connectivity index (χ3v) is 5.58. The van der Waals surface area contributed by atoms with Crippen molar-refractivity contribution in [3.05, 3.63) is 78.0 Å². The van der Waals surface area contributed by atoms with Crippen molar-refractivity contribution in [2.24, 2.45) is 0 Å². The molecule has 0 bridgehead atoms. The number of anilines is 3. The van der Waals surface area contributed by atoms with Gasteiger partial charge in [0, 0.05) is 12.2 Å². The Balaban J connectivity index is 1.82. The number of sulfonamides is 1. The van der Waals surface area contributed by atoms with E-state index in [2.05, 4.69) is 40.6 Å². The average molecular weight is 382 g/mol. The Labute approximate surface area is 160 Å². The van der Waals surface area contributed by atoms with Crippen LogP contribution in [0.4, 0.5) is 17.2 Å². The van der Waals surface area contributed by atoms with Crippen molar-refractivity contribution in [2.75, 3.05) is 16.2 Å². The Morgan fingerprint density at radius 3 is 2.22 bits per heavy atom. The molecule has 0 radical (unpaired) electrons. The van der Waals surface area contributed by atoms with Gasteiger partial charge in [0.25, 0.3) is 10.0 Å². The molecule has 3 aromatic rings. The molecule has 1 N–H and O–H groups in total. The number of benzene rings is 2. The topological polar surface area (TPSA) is 62.3 Å². The minimum absolute atomic E-state index is 0.225. The zero-order chi connectivity index (χ0) is 19.4. The third-order valence-electron chi connectivity index (χ3n) is 4.23. The van der Waals surface area contributed by atoms with Crippen molar-refractivity contribution in [2.45, 2.75) is 25.7 Å². The molecule has 27 heavy (non-hydrogen) atoms. The highest BCUT2D eigenvalue weighted by Crippen LogP contribution is 2.26. The van der Waals surface area contributed by atoms with Crippen LogP contribution in [0.1, 0.15) is 18.1 Å². The van der Waals surface area contributed by atoms with Gasteiger partial charge in [0.2, 0.25) is 0 Å². The van der Waals surface area contributed by atoms with Crippen LogP contribution in [0.25, 0.3) is 0 Å². The van der Waals surface area contributed by atoms with E-state index in [0.29, 0.717) is 5.82 Å². The maximum absolute atomic E-state index is 12.5. The third kappa shape index (κ3) is 4.46. The number of rotatable bonds is 6. The van der Waals surface area contributed by atoms with Gasteiger partial charge in [-0.3, -0.25) is 4.72 Å². The molecular formula is C21H23N3O2S. The molecule has 5 nitrogen and oxygen atoms in total. The van der Waals surface area contributed by atoms with Gasteiger partial charge in [0.05, 0.1) is 16.8 Å². The molecule has 0 fully saturated rings. The van der Waals surface area contributed by atoms with Gasteiger partial charge in [-0.2, -0.15) is 0 Å². The Morgan fingerprint density at radius 1 is 0.926 bits per heavy atom. The van der Waals surface area contributed by atoms with Crippen LogP contribution >= 0.6 is 0 Å². The highest BCUT2D eigenvalue weighted by Gasteiger charge is 2.15. The summed E-state index contributed by atoms with van der Waals surface area (Å²) in [6.45, 7) is 6.76. The van der Waals surface area contributed by atoms with Gasteiger partial charge in [-0.15, -0.1) is 0 Å². The standard InChI is InChI=1S/C21H23N3O2S/c1-4-24(18-9-5-7-16(2)13-18)19-11-12-21(22-15-19)23-27(25,26)20-10-6-8-17(3)14-20/h5-15H,4H2,1-3H3,(H,22,23). The summed E-state index contributed by atoms with van der Waals surface area (Å²) in [4.78, 5) is 6.65. The van der Waals surface area contributed by atoms with Crippen LogP contribution in [-0.2, 0) is 10.0 Å². The molecule has 0 saturated heterocycles. The van der Waals surface area contributed by atoms with E-state index < -0.39 is 10.0 Å². The Bertz CT molecular complexity index is 1030. The summed E-state index contributed by atoms with van der Waals surface area (Å²) in [7, 11) is -3.66. The summed E-state index contributed by atoms with van der Waals surface area (Å²) in [6, 6.07) is 18.6. The van der Waals surface area contributed by atoms with Gasteiger partial charge in [0.1, 0.15) is 5.82 Å². The first kappa shape index (κ1) is 18.9. The SMILES string of the molecule is CCN(c1ccc(NS(=O)(=O)c2cccc(C)c2)nc1)c1cccc(C)c1. The maximum Gasteiger partial charge on any atom is 0.263 e. The Hall–Kier alpha value is -2.86. The molecule has 0 amide bonds. The first-order chi connectivity index (χ1) is 12.9. The van der Waals surface area contributed by atoms with E-state index in [-0.39, 0.29) is 4.90 Å². The predicted molar refractivity (Wildman–Crippen MR) is 110 cm³/mol. The zero-order valence-electron chi connectivity index (χ0n) is 15.7. The van der Waals surface area contributed by atoms with E-state index in [1.165, 1.54) is 5.56 Å². The van der Waals surface area contributed by atoms with Crippen molar-refractivity contribution in [3.8, 4) is 0 Å². The molecule has 6 heteroatoms. The number of hydrogen-bond acceptors (Lipinski definition) is 4. The molecule has 0 atom stereocenters. The van der Waals surface area contributed by atoms with Crippen LogP contribution in [0.5, 0.6) is 0 Å². The number of hydrogen-bond donors (Lipinski definition) is 1. The summed E-state index contributed by atoms with van der Waals surface area (Å²) >= 11 is 0. The average Bonchev–Trinajstić information content (AvgIpc) is 2.64. The van der Waals surface area contributed by atoms with Gasteiger partial charge in [0.15, 0.2) is 0 Å². The Kier molecular flexibility index (Phi) is 5.46. The quantitative estimate of drug-likeness (QED) is 0.675. The van der Waals surface area contributed by atoms with Crippen molar-refractivity contribution < 1.29 is 8.42 Å². The number of nitrogens with one attached hydrogen (secondary N) is 1. The summed E-state index contributed by atoms with van der Waals surface area (Å²) in [6.07, 6.45) is 1.68. The molecule has 0 aliphatic carbocycles. The van der Waals surface area contributed by atoms with Gasteiger partial charge in [-0.25, -0.2) is 13.4 Å². The maximum atomic E-state index is 12.5.